The standard InChI is InChI=1S/C21H25N3O2S/c25-20-17(9-21(20)5-7-23(8-6-21)27-14-11-26-12-14)19-16-4-2-1-3-15(16)18-10-22-13-24(18)19/h1-4,10,13-14,17,19-20,25H,5-9,11-12H2. The van der Waals surface area contributed by atoms with Gasteiger partial charge < -0.3 is 14.4 Å². The summed E-state index contributed by atoms with van der Waals surface area (Å²) >= 11 is 1.97. The molecule has 6 heteroatoms. The highest BCUT2D eigenvalue weighted by atomic mass is 32.2. The number of benzene rings is 1. The van der Waals surface area contributed by atoms with Crippen LogP contribution in [0.2, 0.25) is 0 Å². The molecule has 1 saturated carbocycles. The van der Waals surface area contributed by atoms with Gasteiger partial charge in [-0.15, -0.1) is 0 Å². The third-order valence-electron chi connectivity index (χ3n) is 7.23. The van der Waals surface area contributed by atoms with Crippen LogP contribution in [-0.4, -0.2) is 56.6 Å². The maximum absolute atomic E-state index is 11.3. The SMILES string of the molecule is OC1C(C2c3ccccc3-c3cncn32)CC12CCN(SC1COC1)CC2. The van der Waals surface area contributed by atoms with E-state index in [0.29, 0.717) is 11.2 Å². The lowest BCUT2D eigenvalue weighted by Gasteiger charge is -2.58. The van der Waals surface area contributed by atoms with Gasteiger partial charge in [0.2, 0.25) is 0 Å². The third-order valence-corrected chi connectivity index (χ3v) is 8.46. The van der Waals surface area contributed by atoms with Crippen LogP contribution in [0.1, 0.15) is 30.9 Å². The second-order valence-electron chi connectivity index (χ2n) is 8.59. The minimum Gasteiger partial charge on any atom is -0.392 e. The van der Waals surface area contributed by atoms with E-state index in [0.717, 1.165) is 45.6 Å². The minimum atomic E-state index is -0.219. The number of aromatic nitrogens is 2. The van der Waals surface area contributed by atoms with Crippen molar-refractivity contribution in [2.24, 2.45) is 11.3 Å². The summed E-state index contributed by atoms with van der Waals surface area (Å²) in [6.07, 6.45) is 7.02. The zero-order valence-electron chi connectivity index (χ0n) is 15.3. The first-order chi connectivity index (χ1) is 13.3. The Kier molecular flexibility index (Phi) is 3.74. The molecular formula is C21H25N3O2S. The number of hydrogen-bond donors (Lipinski definition) is 1. The molecule has 0 bridgehead atoms. The number of fused-ring (bicyclic) bond motifs is 3. The predicted molar refractivity (Wildman–Crippen MR) is 105 cm³/mol. The first-order valence-electron chi connectivity index (χ1n) is 10.0. The minimum absolute atomic E-state index is 0.121. The molecule has 3 fully saturated rings. The molecule has 2 saturated heterocycles. The van der Waals surface area contributed by atoms with E-state index < -0.39 is 0 Å². The molecule has 4 aliphatic rings. The van der Waals surface area contributed by atoms with Crippen LogP contribution in [0, 0.1) is 11.3 Å². The number of hydrogen-bond acceptors (Lipinski definition) is 5. The van der Waals surface area contributed by atoms with E-state index in [9.17, 15) is 5.11 Å². The second-order valence-corrected chi connectivity index (χ2v) is 9.98. The van der Waals surface area contributed by atoms with Crippen LogP contribution in [0.3, 0.4) is 0 Å². The highest BCUT2D eigenvalue weighted by Crippen LogP contribution is 2.59. The van der Waals surface area contributed by atoms with Crippen molar-refractivity contribution in [3.8, 4) is 11.3 Å². The summed E-state index contributed by atoms with van der Waals surface area (Å²) in [7, 11) is 0. The smallest absolute Gasteiger partial charge is 0.0956 e. The van der Waals surface area contributed by atoms with Gasteiger partial charge in [0.05, 0.1) is 48.8 Å². The molecular weight excluding hydrogens is 358 g/mol. The van der Waals surface area contributed by atoms with Crippen LogP contribution in [0.5, 0.6) is 0 Å². The molecule has 4 heterocycles. The molecule has 0 amide bonds. The van der Waals surface area contributed by atoms with E-state index in [-0.39, 0.29) is 17.6 Å². The van der Waals surface area contributed by atoms with Crippen molar-refractivity contribution in [2.45, 2.75) is 36.7 Å². The summed E-state index contributed by atoms with van der Waals surface area (Å²) in [5, 5.41) is 11.9. The molecule has 1 aromatic carbocycles. The molecule has 1 aromatic heterocycles. The Balaban J connectivity index is 1.19. The Labute approximate surface area is 163 Å². The van der Waals surface area contributed by atoms with Crippen molar-refractivity contribution in [2.75, 3.05) is 26.3 Å². The highest BCUT2D eigenvalue weighted by molar-refractivity contribution is 7.97. The van der Waals surface area contributed by atoms with Crippen molar-refractivity contribution in [1.29, 1.82) is 0 Å². The lowest BCUT2D eigenvalue weighted by atomic mass is 9.53. The largest absolute Gasteiger partial charge is 0.392 e. The van der Waals surface area contributed by atoms with Gasteiger partial charge >= 0.3 is 0 Å². The fourth-order valence-electron chi connectivity index (χ4n) is 5.61. The second kappa shape index (κ2) is 6.08. The van der Waals surface area contributed by atoms with Crippen LogP contribution in [0.4, 0.5) is 0 Å². The van der Waals surface area contributed by atoms with E-state index in [2.05, 4.69) is 38.1 Å². The quantitative estimate of drug-likeness (QED) is 0.826. The van der Waals surface area contributed by atoms with E-state index >= 15 is 0 Å². The van der Waals surface area contributed by atoms with Crippen molar-refractivity contribution < 1.29 is 9.84 Å². The van der Waals surface area contributed by atoms with Gasteiger partial charge in [-0.1, -0.05) is 36.2 Å². The summed E-state index contributed by atoms with van der Waals surface area (Å²) in [5.41, 5.74) is 3.95. The fourth-order valence-corrected chi connectivity index (χ4v) is 6.74. The molecule has 1 N–H and O–H groups in total. The van der Waals surface area contributed by atoms with Crippen molar-refractivity contribution in [3.05, 3.63) is 42.4 Å². The monoisotopic (exact) mass is 383 g/mol. The fraction of sp³-hybridized carbons (Fsp3) is 0.571. The molecule has 3 aliphatic heterocycles. The third kappa shape index (κ3) is 2.40. The topological polar surface area (TPSA) is 50.5 Å². The molecule has 1 aliphatic carbocycles. The van der Waals surface area contributed by atoms with E-state index in [1.807, 2.05) is 24.5 Å². The maximum Gasteiger partial charge on any atom is 0.0956 e. The first-order valence-corrected chi connectivity index (χ1v) is 10.9. The zero-order valence-corrected chi connectivity index (χ0v) is 16.1. The Hall–Kier alpha value is -1.34. The van der Waals surface area contributed by atoms with Crippen LogP contribution >= 0.6 is 11.9 Å². The van der Waals surface area contributed by atoms with Gasteiger partial charge in [-0.05, 0) is 30.2 Å². The van der Waals surface area contributed by atoms with Crippen LogP contribution < -0.4 is 0 Å². The number of aliphatic hydroxyl groups excluding tert-OH is 1. The zero-order chi connectivity index (χ0) is 18.0. The van der Waals surface area contributed by atoms with Gasteiger partial charge in [-0.25, -0.2) is 4.98 Å². The lowest BCUT2D eigenvalue weighted by Crippen LogP contribution is -2.59. The molecule has 2 aromatic rings. The maximum atomic E-state index is 11.3. The first kappa shape index (κ1) is 16.6. The summed E-state index contributed by atoms with van der Waals surface area (Å²) in [5.74, 6) is 0.292. The molecule has 3 atom stereocenters. The number of nitrogens with zero attached hydrogens (tertiary/aromatic N) is 3. The van der Waals surface area contributed by atoms with Crippen molar-refractivity contribution in [1.82, 2.24) is 13.9 Å². The highest BCUT2D eigenvalue weighted by Gasteiger charge is 2.57. The average Bonchev–Trinajstić information content (AvgIpc) is 3.25. The van der Waals surface area contributed by atoms with Gasteiger partial charge in [0.15, 0.2) is 0 Å². The van der Waals surface area contributed by atoms with Gasteiger partial charge in [0.25, 0.3) is 0 Å². The van der Waals surface area contributed by atoms with Crippen LogP contribution in [0.25, 0.3) is 11.3 Å². The summed E-state index contributed by atoms with van der Waals surface area (Å²) in [4.78, 5) is 4.38. The summed E-state index contributed by atoms with van der Waals surface area (Å²) in [6, 6.07) is 8.86. The van der Waals surface area contributed by atoms with Gasteiger partial charge in [0, 0.05) is 24.6 Å². The molecule has 6 rings (SSSR count). The average molecular weight is 384 g/mol. The Morgan fingerprint density at radius 2 is 2.00 bits per heavy atom. The Morgan fingerprint density at radius 3 is 2.74 bits per heavy atom. The number of ether oxygens (including phenoxy) is 1. The normalized spacial score (nSPS) is 32.0. The molecule has 27 heavy (non-hydrogen) atoms. The van der Waals surface area contributed by atoms with Crippen LogP contribution in [0.15, 0.2) is 36.8 Å². The van der Waals surface area contributed by atoms with Crippen molar-refractivity contribution in [3.63, 3.8) is 0 Å². The molecule has 0 radical (unpaired) electrons. The van der Waals surface area contributed by atoms with E-state index in [1.54, 1.807) is 0 Å². The number of aliphatic hydroxyl groups is 1. The van der Waals surface area contributed by atoms with Gasteiger partial charge in [0.1, 0.15) is 0 Å². The van der Waals surface area contributed by atoms with E-state index in [4.69, 9.17) is 4.74 Å². The Morgan fingerprint density at radius 1 is 1.19 bits per heavy atom. The predicted octanol–water partition coefficient (Wildman–Crippen LogP) is 2.96. The van der Waals surface area contributed by atoms with Crippen molar-refractivity contribution >= 4 is 11.9 Å². The van der Waals surface area contributed by atoms with Gasteiger partial charge in [-0.2, -0.15) is 0 Å². The van der Waals surface area contributed by atoms with Crippen LogP contribution in [-0.2, 0) is 4.74 Å². The number of imidazole rings is 1. The molecule has 1 spiro atoms. The lowest BCUT2D eigenvalue weighted by molar-refractivity contribution is -0.152. The number of rotatable bonds is 3. The molecule has 142 valence electrons. The molecule has 5 nitrogen and oxygen atoms in total. The molecule has 3 unspecified atom stereocenters. The Bertz CT molecular complexity index is 857. The van der Waals surface area contributed by atoms with Gasteiger partial charge in [-0.3, -0.25) is 4.31 Å². The summed E-state index contributed by atoms with van der Waals surface area (Å²) in [6.45, 7) is 3.96. The number of piperidine rings is 1. The summed E-state index contributed by atoms with van der Waals surface area (Å²) < 4.78 is 10.1. The van der Waals surface area contributed by atoms with E-state index in [1.165, 1.54) is 16.8 Å².